The minimum atomic E-state index is -3.49. The van der Waals surface area contributed by atoms with E-state index in [1.54, 1.807) is 77.7 Å². The number of likely N-dealkylation sites (tertiary alicyclic amines) is 1. The van der Waals surface area contributed by atoms with Gasteiger partial charge in [-0.1, -0.05) is 42.5 Å². The van der Waals surface area contributed by atoms with Gasteiger partial charge in [-0.2, -0.15) is 0 Å². The second kappa shape index (κ2) is 10.1. The smallest absolute Gasteiger partial charge is 0.255 e. The Morgan fingerprint density at radius 2 is 1.50 bits per heavy atom. The van der Waals surface area contributed by atoms with E-state index in [1.807, 2.05) is 6.07 Å². The zero-order valence-corrected chi connectivity index (χ0v) is 19.8. The topological polar surface area (TPSA) is 86.8 Å². The molecule has 0 unspecified atom stereocenters. The molecule has 1 aliphatic rings. The largest absolute Gasteiger partial charge is 0.339 e. The summed E-state index contributed by atoms with van der Waals surface area (Å²) in [4.78, 5) is 27.5. The molecule has 0 atom stereocenters. The molecule has 0 aromatic heterocycles. The van der Waals surface area contributed by atoms with Gasteiger partial charge in [0.2, 0.25) is 10.0 Å². The Morgan fingerprint density at radius 1 is 0.882 bits per heavy atom. The van der Waals surface area contributed by atoms with Crippen LogP contribution in [0.25, 0.3) is 0 Å². The Kier molecular flexibility index (Phi) is 6.98. The minimum absolute atomic E-state index is 0.0782. The molecule has 0 radical (unpaired) electrons. The molecule has 3 aromatic carbocycles. The van der Waals surface area contributed by atoms with Crippen LogP contribution in [-0.2, 0) is 16.6 Å². The van der Waals surface area contributed by atoms with Crippen LogP contribution in [-0.4, -0.2) is 44.5 Å². The van der Waals surface area contributed by atoms with Crippen molar-refractivity contribution in [3.63, 3.8) is 0 Å². The van der Waals surface area contributed by atoms with Crippen molar-refractivity contribution in [1.82, 2.24) is 4.90 Å². The fourth-order valence-corrected chi connectivity index (χ4v) is 4.87. The molecule has 1 heterocycles. The SMILES string of the molecule is CS(=O)(=O)N(Cc1ccc(C(=O)Nc2ccccc2C(=O)N2CCCC2)cc1)c1ccccc1. The van der Waals surface area contributed by atoms with Gasteiger partial charge in [0.15, 0.2) is 0 Å². The summed E-state index contributed by atoms with van der Waals surface area (Å²) in [7, 11) is -3.49. The zero-order valence-electron chi connectivity index (χ0n) is 19.0. The Hall–Kier alpha value is -3.65. The van der Waals surface area contributed by atoms with Crippen LogP contribution in [0.2, 0.25) is 0 Å². The third kappa shape index (κ3) is 5.46. The van der Waals surface area contributed by atoms with E-state index in [0.29, 0.717) is 22.5 Å². The van der Waals surface area contributed by atoms with Gasteiger partial charge in [0.25, 0.3) is 11.8 Å². The molecule has 1 fully saturated rings. The average molecular weight is 478 g/mol. The summed E-state index contributed by atoms with van der Waals surface area (Å²) in [6.45, 7) is 1.62. The molecule has 7 nitrogen and oxygen atoms in total. The van der Waals surface area contributed by atoms with Crippen LogP contribution < -0.4 is 9.62 Å². The van der Waals surface area contributed by atoms with Crippen LogP contribution in [0.1, 0.15) is 39.1 Å². The highest BCUT2D eigenvalue weighted by Crippen LogP contribution is 2.22. The van der Waals surface area contributed by atoms with Crippen molar-refractivity contribution in [3.05, 3.63) is 95.6 Å². The van der Waals surface area contributed by atoms with Gasteiger partial charge in [0.1, 0.15) is 0 Å². The fourth-order valence-electron chi connectivity index (χ4n) is 3.99. The number of sulfonamides is 1. The minimum Gasteiger partial charge on any atom is -0.339 e. The molecular formula is C26H27N3O4S. The van der Waals surface area contributed by atoms with E-state index in [9.17, 15) is 18.0 Å². The summed E-state index contributed by atoms with van der Waals surface area (Å²) in [6.07, 6.45) is 3.16. The highest BCUT2D eigenvalue weighted by molar-refractivity contribution is 7.92. The number of carbonyl (C=O) groups is 2. The van der Waals surface area contributed by atoms with E-state index in [-0.39, 0.29) is 18.4 Å². The molecule has 1 N–H and O–H groups in total. The zero-order chi connectivity index (χ0) is 24.1. The van der Waals surface area contributed by atoms with Gasteiger partial charge in [0.05, 0.1) is 29.7 Å². The van der Waals surface area contributed by atoms with Crippen LogP contribution in [0.15, 0.2) is 78.9 Å². The second-order valence-corrected chi connectivity index (χ2v) is 10.2. The number of hydrogen-bond acceptors (Lipinski definition) is 4. The number of para-hydroxylation sites is 2. The van der Waals surface area contributed by atoms with Gasteiger partial charge in [0, 0.05) is 18.7 Å². The first kappa shape index (κ1) is 23.5. The first-order chi connectivity index (χ1) is 16.3. The fraction of sp³-hybridized carbons (Fsp3) is 0.231. The normalized spacial score (nSPS) is 13.5. The standard InChI is InChI=1S/C26H27N3O4S/c1-34(32,33)29(22-9-3-2-4-10-22)19-20-13-15-21(16-14-20)25(30)27-24-12-6-5-11-23(24)26(31)28-17-7-8-18-28/h2-6,9-16H,7-8,17-19H2,1H3,(H,27,30). The van der Waals surface area contributed by atoms with Gasteiger partial charge in [-0.25, -0.2) is 8.42 Å². The van der Waals surface area contributed by atoms with E-state index in [1.165, 1.54) is 10.6 Å². The molecule has 8 heteroatoms. The molecule has 176 valence electrons. The number of amides is 2. The first-order valence-electron chi connectivity index (χ1n) is 11.1. The summed E-state index contributed by atoms with van der Waals surface area (Å²) in [5.41, 5.74) is 2.68. The second-order valence-electron chi connectivity index (χ2n) is 8.30. The van der Waals surface area contributed by atoms with Gasteiger partial charge in [-0.3, -0.25) is 13.9 Å². The van der Waals surface area contributed by atoms with Gasteiger partial charge < -0.3 is 10.2 Å². The number of nitrogens with zero attached hydrogens (tertiary/aromatic N) is 2. The van der Waals surface area contributed by atoms with Gasteiger partial charge >= 0.3 is 0 Å². The summed E-state index contributed by atoms with van der Waals surface area (Å²) >= 11 is 0. The van der Waals surface area contributed by atoms with Crippen molar-refractivity contribution < 1.29 is 18.0 Å². The van der Waals surface area contributed by atoms with E-state index >= 15 is 0 Å². The molecule has 2 amide bonds. The quantitative estimate of drug-likeness (QED) is 0.554. The molecule has 0 bridgehead atoms. The highest BCUT2D eigenvalue weighted by atomic mass is 32.2. The van der Waals surface area contributed by atoms with E-state index < -0.39 is 10.0 Å². The number of rotatable bonds is 7. The first-order valence-corrected chi connectivity index (χ1v) is 13.0. The molecule has 1 aliphatic heterocycles. The third-order valence-corrected chi connectivity index (χ3v) is 6.93. The van der Waals surface area contributed by atoms with Crippen molar-refractivity contribution in [1.29, 1.82) is 0 Å². The van der Waals surface area contributed by atoms with Crippen LogP contribution in [0, 0.1) is 0 Å². The highest BCUT2D eigenvalue weighted by Gasteiger charge is 2.22. The molecule has 0 saturated carbocycles. The van der Waals surface area contributed by atoms with Crippen LogP contribution >= 0.6 is 0 Å². The maximum Gasteiger partial charge on any atom is 0.255 e. The summed E-state index contributed by atoms with van der Waals surface area (Å²) in [6, 6.07) is 22.7. The molecule has 3 aromatic rings. The van der Waals surface area contributed by atoms with Crippen LogP contribution in [0.4, 0.5) is 11.4 Å². The Labute approximate surface area is 200 Å². The Balaban J connectivity index is 1.48. The van der Waals surface area contributed by atoms with Crippen molar-refractivity contribution in [2.45, 2.75) is 19.4 Å². The van der Waals surface area contributed by atoms with E-state index in [2.05, 4.69) is 5.32 Å². The number of anilines is 2. The van der Waals surface area contributed by atoms with Crippen molar-refractivity contribution in [2.24, 2.45) is 0 Å². The number of benzene rings is 3. The predicted molar refractivity (Wildman–Crippen MR) is 133 cm³/mol. The average Bonchev–Trinajstić information content (AvgIpc) is 3.38. The summed E-state index contributed by atoms with van der Waals surface area (Å²) < 4.78 is 26.0. The molecule has 0 aliphatic carbocycles. The molecule has 1 saturated heterocycles. The van der Waals surface area contributed by atoms with Crippen molar-refractivity contribution in [2.75, 3.05) is 29.0 Å². The molecular weight excluding hydrogens is 450 g/mol. The van der Waals surface area contributed by atoms with E-state index in [0.717, 1.165) is 31.5 Å². The molecule has 4 rings (SSSR count). The summed E-state index contributed by atoms with van der Waals surface area (Å²) in [5.74, 6) is -0.415. The van der Waals surface area contributed by atoms with Crippen molar-refractivity contribution in [3.8, 4) is 0 Å². The van der Waals surface area contributed by atoms with Crippen molar-refractivity contribution >= 4 is 33.2 Å². The molecule has 34 heavy (non-hydrogen) atoms. The lowest BCUT2D eigenvalue weighted by Gasteiger charge is -2.22. The maximum absolute atomic E-state index is 12.9. The van der Waals surface area contributed by atoms with Gasteiger partial charge in [-0.15, -0.1) is 0 Å². The predicted octanol–water partition coefficient (Wildman–Crippen LogP) is 4.14. The lowest BCUT2D eigenvalue weighted by molar-refractivity contribution is 0.0794. The Bertz CT molecular complexity index is 1270. The molecule has 0 spiro atoms. The van der Waals surface area contributed by atoms with E-state index in [4.69, 9.17) is 0 Å². The van der Waals surface area contributed by atoms with Crippen LogP contribution in [0.5, 0.6) is 0 Å². The number of carbonyl (C=O) groups excluding carboxylic acids is 2. The third-order valence-electron chi connectivity index (χ3n) is 5.79. The lowest BCUT2D eigenvalue weighted by Crippen LogP contribution is -2.29. The Morgan fingerprint density at radius 3 is 2.15 bits per heavy atom. The lowest BCUT2D eigenvalue weighted by atomic mass is 10.1. The number of hydrogen-bond donors (Lipinski definition) is 1. The van der Waals surface area contributed by atoms with Gasteiger partial charge in [-0.05, 0) is 54.8 Å². The summed E-state index contributed by atoms with van der Waals surface area (Å²) in [5, 5.41) is 2.85. The maximum atomic E-state index is 12.9. The monoisotopic (exact) mass is 477 g/mol. The number of nitrogens with one attached hydrogen (secondary N) is 1. The van der Waals surface area contributed by atoms with Crippen LogP contribution in [0.3, 0.4) is 0 Å².